The standard InChI is InChI=1S/C39H73NO2/c1-3-5-7-9-11-13-15-17-19-21-23-28-34-41-36-32-40(38-39-30-26-25-27-31-39)33-37-42-35-29-24-22-20-18-16-14-12-10-8-6-4-2/h25-27,30-31H,3-24,28-29,32-38H2,1-2H3. The highest BCUT2D eigenvalue weighted by molar-refractivity contribution is 5.14. The first-order chi connectivity index (χ1) is 20.9. The van der Waals surface area contributed by atoms with Crippen LogP contribution in [0.5, 0.6) is 0 Å². The molecule has 0 amide bonds. The van der Waals surface area contributed by atoms with Gasteiger partial charge in [0.25, 0.3) is 0 Å². The molecule has 1 aromatic carbocycles. The van der Waals surface area contributed by atoms with E-state index >= 15 is 0 Å². The second kappa shape index (κ2) is 33.0. The molecule has 0 bridgehead atoms. The van der Waals surface area contributed by atoms with Gasteiger partial charge in [-0.2, -0.15) is 0 Å². The molecule has 3 nitrogen and oxygen atoms in total. The Labute approximate surface area is 263 Å². The van der Waals surface area contributed by atoms with Crippen molar-refractivity contribution in [2.45, 2.75) is 174 Å². The Morgan fingerprint density at radius 2 is 0.738 bits per heavy atom. The minimum Gasteiger partial charge on any atom is -0.380 e. The molecule has 0 heterocycles. The highest BCUT2D eigenvalue weighted by Gasteiger charge is 2.06. The maximum absolute atomic E-state index is 6.04. The van der Waals surface area contributed by atoms with E-state index in [9.17, 15) is 0 Å². The minimum absolute atomic E-state index is 0.823. The number of unbranched alkanes of at least 4 members (excludes halogenated alkanes) is 22. The van der Waals surface area contributed by atoms with Gasteiger partial charge in [-0.25, -0.2) is 0 Å². The molecule has 0 N–H and O–H groups in total. The van der Waals surface area contributed by atoms with Gasteiger partial charge < -0.3 is 9.47 Å². The summed E-state index contributed by atoms with van der Waals surface area (Å²) in [7, 11) is 0. The van der Waals surface area contributed by atoms with Crippen LogP contribution in [0.3, 0.4) is 0 Å². The van der Waals surface area contributed by atoms with Gasteiger partial charge in [-0.3, -0.25) is 4.90 Å². The van der Waals surface area contributed by atoms with Crippen molar-refractivity contribution in [3.05, 3.63) is 35.9 Å². The fraction of sp³-hybridized carbons (Fsp3) is 0.846. The second-order valence-electron chi connectivity index (χ2n) is 12.8. The molecule has 0 unspecified atom stereocenters. The molecule has 0 atom stereocenters. The molecular weight excluding hydrogens is 514 g/mol. The first-order valence-electron chi connectivity index (χ1n) is 18.8. The molecular formula is C39H73NO2. The first kappa shape index (κ1) is 39.1. The Hall–Kier alpha value is -0.900. The second-order valence-corrected chi connectivity index (χ2v) is 12.8. The van der Waals surface area contributed by atoms with Gasteiger partial charge in [0.15, 0.2) is 0 Å². The SMILES string of the molecule is CCCCCCCCCCCCCCOCCN(CCOCCCCCCCCCCCCCC)Cc1ccccc1. The van der Waals surface area contributed by atoms with Crippen molar-refractivity contribution >= 4 is 0 Å². The van der Waals surface area contributed by atoms with E-state index in [1.807, 2.05) is 0 Å². The average Bonchev–Trinajstić information content (AvgIpc) is 3.01. The van der Waals surface area contributed by atoms with Crippen molar-refractivity contribution in [3.63, 3.8) is 0 Å². The molecule has 246 valence electrons. The van der Waals surface area contributed by atoms with E-state index in [4.69, 9.17) is 9.47 Å². The van der Waals surface area contributed by atoms with Crippen LogP contribution in [0.15, 0.2) is 30.3 Å². The Morgan fingerprint density at radius 3 is 1.10 bits per heavy atom. The summed E-state index contributed by atoms with van der Waals surface area (Å²) < 4.78 is 12.1. The number of hydrogen-bond acceptors (Lipinski definition) is 3. The molecule has 0 fully saturated rings. The summed E-state index contributed by atoms with van der Waals surface area (Å²) in [5.41, 5.74) is 1.37. The predicted molar refractivity (Wildman–Crippen MR) is 186 cm³/mol. The Morgan fingerprint density at radius 1 is 0.405 bits per heavy atom. The van der Waals surface area contributed by atoms with Gasteiger partial charge in [0.2, 0.25) is 0 Å². The monoisotopic (exact) mass is 588 g/mol. The maximum Gasteiger partial charge on any atom is 0.0593 e. The number of rotatable bonds is 34. The Bertz CT molecular complexity index is 588. The zero-order valence-electron chi connectivity index (χ0n) is 28.6. The smallest absolute Gasteiger partial charge is 0.0593 e. The molecule has 0 aliphatic carbocycles. The molecule has 1 rings (SSSR count). The molecule has 1 aromatic rings. The molecule has 3 heteroatoms. The van der Waals surface area contributed by atoms with Crippen LogP contribution < -0.4 is 0 Å². The lowest BCUT2D eigenvalue weighted by atomic mass is 10.1. The molecule has 0 saturated heterocycles. The van der Waals surface area contributed by atoms with Gasteiger partial charge in [-0.05, 0) is 18.4 Å². The van der Waals surface area contributed by atoms with Crippen molar-refractivity contribution in [2.24, 2.45) is 0 Å². The third-order valence-corrected chi connectivity index (χ3v) is 8.64. The van der Waals surface area contributed by atoms with Crippen molar-refractivity contribution < 1.29 is 9.47 Å². The molecule has 0 aliphatic rings. The fourth-order valence-electron chi connectivity index (χ4n) is 5.79. The van der Waals surface area contributed by atoms with Gasteiger partial charge in [-0.15, -0.1) is 0 Å². The topological polar surface area (TPSA) is 21.7 Å². The number of benzene rings is 1. The van der Waals surface area contributed by atoms with Gasteiger partial charge in [-0.1, -0.05) is 185 Å². The quantitative estimate of drug-likeness (QED) is 0.0748. The van der Waals surface area contributed by atoms with Crippen LogP contribution >= 0.6 is 0 Å². The molecule has 0 saturated carbocycles. The largest absolute Gasteiger partial charge is 0.380 e. The van der Waals surface area contributed by atoms with E-state index < -0.39 is 0 Å². The van der Waals surface area contributed by atoms with Gasteiger partial charge in [0.05, 0.1) is 13.2 Å². The summed E-state index contributed by atoms with van der Waals surface area (Å²) in [5.74, 6) is 0. The van der Waals surface area contributed by atoms with Crippen LogP contribution in [0.1, 0.15) is 174 Å². The number of ether oxygens (including phenoxy) is 2. The molecule has 0 radical (unpaired) electrons. The van der Waals surface area contributed by atoms with Gasteiger partial charge in [0.1, 0.15) is 0 Å². The highest BCUT2D eigenvalue weighted by Crippen LogP contribution is 2.13. The lowest BCUT2D eigenvalue weighted by Crippen LogP contribution is -2.31. The summed E-state index contributed by atoms with van der Waals surface area (Å²) in [6.07, 6.45) is 33.4. The van der Waals surface area contributed by atoms with Crippen LogP contribution in [0.4, 0.5) is 0 Å². The maximum atomic E-state index is 6.04. The zero-order valence-corrected chi connectivity index (χ0v) is 28.6. The lowest BCUT2D eigenvalue weighted by Gasteiger charge is -2.22. The van der Waals surface area contributed by atoms with Crippen molar-refractivity contribution in [2.75, 3.05) is 39.5 Å². The summed E-state index contributed by atoms with van der Waals surface area (Å²) in [6, 6.07) is 10.8. The van der Waals surface area contributed by atoms with E-state index in [0.29, 0.717) is 0 Å². The van der Waals surface area contributed by atoms with E-state index in [2.05, 4.69) is 49.1 Å². The van der Waals surface area contributed by atoms with Crippen LogP contribution in [0, 0.1) is 0 Å². The summed E-state index contributed by atoms with van der Waals surface area (Å²) in [5, 5.41) is 0. The van der Waals surface area contributed by atoms with Crippen LogP contribution in [-0.4, -0.2) is 44.4 Å². The van der Waals surface area contributed by atoms with Crippen LogP contribution in [-0.2, 0) is 16.0 Å². The third kappa shape index (κ3) is 27.9. The molecule has 0 spiro atoms. The van der Waals surface area contributed by atoms with E-state index in [-0.39, 0.29) is 0 Å². The summed E-state index contributed by atoms with van der Waals surface area (Å²) >= 11 is 0. The predicted octanol–water partition coefficient (Wildman–Crippen LogP) is 11.9. The molecule has 0 aromatic heterocycles. The third-order valence-electron chi connectivity index (χ3n) is 8.64. The molecule has 0 aliphatic heterocycles. The number of nitrogens with zero attached hydrogens (tertiary/aromatic N) is 1. The Kier molecular flexibility index (Phi) is 30.7. The average molecular weight is 588 g/mol. The van der Waals surface area contributed by atoms with E-state index in [0.717, 1.165) is 46.1 Å². The first-order valence-corrected chi connectivity index (χ1v) is 18.8. The van der Waals surface area contributed by atoms with Crippen molar-refractivity contribution in [1.29, 1.82) is 0 Å². The normalized spacial score (nSPS) is 11.6. The fourth-order valence-corrected chi connectivity index (χ4v) is 5.79. The van der Waals surface area contributed by atoms with E-state index in [1.165, 1.54) is 160 Å². The zero-order chi connectivity index (χ0) is 30.0. The lowest BCUT2D eigenvalue weighted by molar-refractivity contribution is 0.0692. The van der Waals surface area contributed by atoms with Crippen molar-refractivity contribution in [3.8, 4) is 0 Å². The minimum atomic E-state index is 0.823. The van der Waals surface area contributed by atoms with Crippen LogP contribution in [0.25, 0.3) is 0 Å². The Balaban J connectivity index is 2.00. The van der Waals surface area contributed by atoms with Gasteiger partial charge in [0, 0.05) is 32.8 Å². The number of hydrogen-bond donors (Lipinski definition) is 0. The van der Waals surface area contributed by atoms with Crippen LogP contribution in [0.2, 0.25) is 0 Å². The summed E-state index contributed by atoms with van der Waals surface area (Å²) in [4.78, 5) is 2.50. The highest BCUT2D eigenvalue weighted by atomic mass is 16.5. The summed E-state index contributed by atoms with van der Waals surface area (Å²) in [6.45, 7) is 11.0. The molecule has 42 heavy (non-hydrogen) atoms. The van der Waals surface area contributed by atoms with Gasteiger partial charge >= 0.3 is 0 Å². The van der Waals surface area contributed by atoms with E-state index in [1.54, 1.807) is 0 Å². The van der Waals surface area contributed by atoms with Crippen molar-refractivity contribution in [1.82, 2.24) is 4.90 Å².